The summed E-state index contributed by atoms with van der Waals surface area (Å²) in [5.74, 6) is 0. The van der Waals surface area contributed by atoms with Gasteiger partial charge in [-0.1, -0.05) is 20.3 Å². The van der Waals surface area contributed by atoms with Gasteiger partial charge in [0.2, 0.25) is 0 Å². The van der Waals surface area contributed by atoms with Crippen molar-refractivity contribution in [2.75, 3.05) is 40.4 Å². The lowest BCUT2D eigenvalue weighted by molar-refractivity contribution is 0.117. The molecule has 0 amide bonds. The maximum absolute atomic E-state index is 4.97. The molecule has 1 aliphatic heterocycles. The second-order valence-corrected chi connectivity index (χ2v) is 3.49. The molecule has 13 heavy (non-hydrogen) atoms. The zero-order valence-corrected chi connectivity index (χ0v) is 9.47. The summed E-state index contributed by atoms with van der Waals surface area (Å²) in [6, 6.07) is 0.746. The van der Waals surface area contributed by atoms with E-state index in [-0.39, 0.29) is 0 Å². The molecule has 0 radical (unpaired) electrons. The van der Waals surface area contributed by atoms with Crippen molar-refractivity contribution in [1.29, 1.82) is 0 Å². The van der Waals surface area contributed by atoms with Crippen molar-refractivity contribution in [3.63, 3.8) is 0 Å². The lowest BCUT2D eigenvalue weighted by Crippen LogP contribution is -2.56. The Labute approximate surface area is 82.4 Å². The van der Waals surface area contributed by atoms with Crippen LogP contribution in [0.4, 0.5) is 0 Å². The Bertz CT molecular complexity index is 105. The fraction of sp³-hybridized carbons (Fsp3) is 1.00. The first-order chi connectivity index (χ1) is 6.26. The summed E-state index contributed by atoms with van der Waals surface area (Å²) in [6.45, 7) is 8.41. The third-order valence-electron chi connectivity index (χ3n) is 2.03. The van der Waals surface area contributed by atoms with E-state index in [4.69, 9.17) is 4.74 Å². The molecule has 1 aliphatic rings. The average Bonchev–Trinajstić information content (AvgIpc) is 1.99. The molecular weight excluding hydrogens is 164 g/mol. The van der Waals surface area contributed by atoms with Crippen LogP contribution in [0, 0.1) is 0 Å². The van der Waals surface area contributed by atoms with Crippen LogP contribution in [0.5, 0.6) is 0 Å². The highest BCUT2D eigenvalue weighted by Crippen LogP contribution is 2.00. The summed E-state index contributed by atoms with van der Waals surface area (Å²) < 4.78 is 4.97. The van der Waals surface area contributed by atoms with Gasteiger partial charge in [-0.25, -0.2) is 0 Å². The predicted octanol–water partition coefficient (Wildman–Crippen LogP) is 0.953. The first-order valence-electron chi connectivity index (χ1n) is 5.16. The molecule has 1 rings (SSSR count). The minimum atomic E-state index is 0.746. The van der Waals surface area contributed by atoms with Crippen molar-refractivity contribution in [2.24, 2.45) is 0 Å². The molecule has 0 spiro atoms. The molecule has 0 aromatic carbocycles. The largest absolute Gasteiger partial charge is 0.383 e. The van der Waals surface area contributed by atoms with Crippen LogP contribution >= 0.6 is 0 Å². The Morgan fingerprint density at radius 2 is 1.92 bits per heavy atom. The Morgan fingerprint density at radius 1 is 1.38 bits per heavy atom. The van der Waals surface area contributed by atoms with Gasteiger partial charge in [-0.15, -0.1) is 0 Å². The van der Waals surface area contributed by atoms with Crippen LogP contribution in [0.2, 0.25) is 0 Å². The molecule has 1 N–H and O–H groups in total. The molecule has 0 unspecified atom stereocenters. The Kier molecular flexibility index (Phi) is 8.40. The van der Waals surface area contributed by atoms with Crippen LogP contribution in [-0.2, 0) is 4.74 Å². The summed E-state index contributed by atoms with van der Waals surface area (Å²) in [6.07, 6.45) is 1.25. The molecule has 1 heterocycles. The van der Waals surface area contributed by atoms with Gasteiger partial charge in [0.25, 0.3) is 0 Å². The summed E-state index contributed by atoms with van der Waals surface area (Å²) in [5.41, 5.74) is 0. The van der Waals surface area contributed by atoms with Crippen molar-refractivity contribution in [2.45, 2.75) is 26.3 Å². The summed E-state index contributed by atoms with van der Waals surface area (Å²) >= 11 is 0. The lowest BCUT2D eigenvalue weighted by Gasteiger charge is -2.35. The molecule has 3 heteroatoms. The fourth-order valence-corrected chi connectivity index (χ4v) is 1.00. The standard InChI is InChI=1S/C7H16N2O.C3H8/c1-9(3-4-10-2)7-5-8-6-7;1-3-2/h7-8H,3-6H2,1-2H3;3H2,1-2H3. The topological polar surface area (TPSA) is 24.5 Å². The number of rotatable bonds is 4. The maximum Gasteiger partial charge on any atom is 0.0589 e. The van der Waals surface area contributed by atoms with Gasteiger partial charge in [-0.2, -0.15) is 0 Å². The second-order valence-electron chi connectivity index (χ2n) is 3.49. The van der Waals surface area contributed by atoms with Crippen LogP contribution < -0.4 is 5.32 Å². The van der Waals surface area contributed by atoms with Gasteiger partial charge in [-0.05, 0) is 7.05 Å². The van der Waals surface area contributed by atoms with Gasteiger partial charge < -0.3 is 10.1 Å². The smallest absolute Gasteiger partial charge is 0.0589 e. The van der Waals surface area contributed by atoms with E-state index in [0.29, 0.717) is 0 Å². The molecule has 0 aromatic heterocycles. The molecule has 0 aromatic rings. The Morgan fingerprint density at radius 3 is 2.23 bits per heavy atom. The number of nitrogens with zero attached hydrogens (tertiary/aromatic N) is 1. The van der Waals surface area contributed by atoms with Crippen LogP contribution in [0.3, 0.4) is 0 Å². The highest BCUT2D eigenvalue weighted by atomic mass is 16.5. The second kappa shape index (κ2) is 8.48. The molecule has 1 fully saturated rings. The number of hydrogen-bond donors (Lipinski definition) is 1. The molecular formula is C10H24N2O. The highest BCUT2D eigenvalue weighted by molar-refractivity contribution is 4.82. The monoisotopic (exact) mass is 188 g/mol. The highest BCUT2D eigenvalue weighted by Gasteiger charge is 2.20. The van der Waals surface area contributed by atoms with Gasteiger partial charge >= 0.3 is 0 Å². The SMILES string of the molecule is CCC.COCCN(C)C1CNC1. The van der Waals surface area contributed by atoms with E-state index in [2.05, 4.69) is 31.1 Å². The predicted molar refractivity (Wildman–Crippen MR) is 57.1 cm³/mol. The number of nitrogens with one attached hydrogen (secondary N) is 1. The minimum absolute atomic E-state index is 0.746. The lowest BCUT2D eigenvalue weighted by atomic mass is 10.1. The minimum Gasteiger partial charge on any atom is -0.383 e. The van der Waals surface area contributed by atoms with Crippen LogP contribution in [-0.4, -0.2) is 51.3 Å². The normalized spacial score (nSPS) is 16.4. The number of hydrogen-bond acceptors (Lipinski definition) is 3. The molecule has 0 bridgehead atoms. The van der Waals surface area contributed by atoms with Gasteiger partial charge in [-0.3, -0.25) is 4.90 Å². The van der Waals surface area contributed by atoms with E-state index in [0.717, 1.165) is 32.3 Å². The Balaban J connectivity index is 0.000000424. The third-order valence-corrected chi connectivity index (χ3v) is 2.03. The quantitative estimate of drug-likeness (QED) is 0.711. The number of methoxy groups -OCH3 is 1. The summed E-state index contributed by atoms with van der Waals surface area (Å²) in [4.78, 5) is 2.33. The molecule has 3 nitrogen and oxygen atoms in total. The molecule has 0 aliphatic carbocycles. The number of ether oxygens (including phenoxy) is 1. The van der Waals surface area contributed by atoms with E-state index < -0.39 is 0 Å². The average molecular weight is 188 g/mol. The van der Waals surface area contributed by atoms with Crippen LogP contribution in [0.1, 0.15) is 20.3 Å². The number of likely N-dealkylation sites (N-methyl/N-ethyl adjacent to an activating group) is 1. The van der Waals surface area contributed by atoms with Crippen molar-refractivity contribution >= 4 is 0 Å². The first kappa shape index (κ1) is 12.9. The van der Waals surface area contributed by atoms with E-state index in [1.165, 1.54) is 6.42 Å². The zero-order valence-electron chi connectivity index (χ0n) is 9.47. The van der Waals surface area contributed by atoms with Gasteiger partial charge in [0, 0.05) is 32.8 Å². The van der Waals surface area contributed by atoms with Gasteiger partial charge in [0.1, 0.15) is 0 Å². The third kappa shape index (κ3) is 6.02. The molecule has 1 saturated heterocycles. The van der Waals surface area contributed by atoms with Crippen molar-refractivity contribution in [3.05, 3.63) is 0 Å². The molecule has 80 valence electrons. The maximum atomic E-state index is 4.97. The van der Waals surface area contributed by atoms with Crippen LogP contribution in [0.15, 0.2) is 0 Å². The zero-order chi connectivity index (χ0) is 10.1. The van der Waals surface area contributed by atoms with E-state index in [9.17, 15) is 0 Å². The van der Waals surface area contributed by atoms with E-state index >= 15 is 0 Å². The Hall–Kier alpha value is -0.120. The summed E-state index contributed by atoms with van der Waals surface area (Å²) in [5, 5.41) is 3.24. The molecule has 0 atom stereocenters. The first-order valence-corrected chi connectivity index (χ1v) is 5.16. The van der Waals surface area contributed by atoms with Crippen molar-refractivity contribution in [3.8, 4) is 0 Å². The van der Waals surface area contributed by atoms with Gasteiger partial charge in [0.15, 0.2) is 0 Å². The van der Waals surface area contributed by atoms with Gasteiger partial charge in [0.05, 0.1) is 6.61 Å². The van der Waals surface area contributed by atoms with E-state index in [1.807, 2.05) is 0 Å². The van der Waals surface area contributed by atoms with E-state index in [1.54, 1.807) is 7.11 Å². The summed E-state index contributed by atoms with van der Waals surface area (Å²) in [7, 11) is 3.89. The molecule has 0 saturated carbocycles. The van der Waals surface area contributed by atoms with Crippen molar-refractivity contribution in [1.82, 2.24) is 10.2 Å². The van der Waals surface area contributed by atoms with Crippen molar-refractivity contribution < 1.29 is 4.74 Å². The fourth-order valence-electron chi connectivity index (χ4n) is 1.00. The van der Waals surface area contributed by atoms with Crippen LogP contribution in [0.25, 0.3) is 0 Å².